The topological polar surface area (TPSA) is 93.2 Å². The van der Waals surface area contributed by atoms with E-state index in [9.17, 15) is 14.4 Å². The summed E-state index contributed by atoms with van der Waals surface area (Å²) in [5.41, 5.74) is 1.73. The highest BCUT2D eigenvalue weighted by Gasteiger charge is 2.32. The normalized spacial score (nSPS) is 20.0. The van der Waals surface area contributed by atoms with Crippen molar-refractivity contribution >= 4 is 29.5 Å². The number of H-pyrrole nitrogens is 1. The standard InChI is InChI=1S/C19H21N3O4S/c1-26-19(25)12-8-6-11(7-9-12)16-15-17(20-14(23)10-27-16)22(21-18(15)24)13-4-2-3-5-13/h6-9,13,16H,2-5,10H2,1H3,(H,20,23)(H,21,24). The van der Waals surface area contributed by atoms with Crippen LogP contribution < -0.4 is 10.9 Å². The Morgan fingerprint density at radius 3 is 2.56 bits per heavy atom. The summed E-state index contributed by atoms with van der Waals surface area (Å²) >= 11 is 1.42. The number of anilines is 1. The Morgan fingerprint density at radius 1 is 1.19 bits per heavy atom. The maximum absolute atomic E-state index is 12.8. The molecule has 1 unspecified atom stereocenters. The van der Waals surface area contributed by atoms with Crippen molar-refractivity contribution in [2.24, 2.45) is 0 Å². The second kappa shape index (κ2) is 7.26. The van der Waals surface area contributed by atoms with Crippen molar-refractivity contribution in [1.82, 2.24) is 9.78 Å². The van der Waals surface area contributed by atoms with Crippen molar-refractivity contribution in [2.45, 2.75) is 37.0 Å². The van der Waals surface area contributed by atoms with Crippen molar-refractivity contribution in [3.8, 4) is 0 Å². The van der Waals surface area contributed by atoms with Crippen LogP contribution in [0.15, 0.2) is 29.1 Å². The zero-order chi connectivity index (χ0) is 19.0. The molecule has 142 valence electrons. The number of amides is 1. The fraction of sp³-hybridized carbons (Fsp3) is 0.421. The molecule has 1 amide bonds. The van der Waals surface area contributed by atoms with Gasteiger partial charge in [-0.15, -0.1) is 11.8 Å². The highest BCUT2D eigenvalue weighted by molar-refractivity contribution is 8.00. The minimum absolute atomic E-state index is 0.110. The Labute approximate surface area is 160 Å². The second-order valence-electron chi connectivity index (χ2n) is 6.86. The number of aromatic amines is 1. The zero-order valence-electron chi connectivity index (χ0n) is 15.0. The van der Waals surface area contributed by atoms with Crippen molar-refractivity contribution in [2.75, 3.05) is 18.2 Å². The van der Waals surface area contributed by atoms with Crippen LogP contribution in [0.3, 0.4) is 0 Å². The second-order valence-corrected chi connectivity index (χ2v) is 7.96. The predicted molar refractivity (Wildman–Crippen MR) is 103 cm³/mol. The average Bonchev–Trinajstić information content (AvgIpc) is 3.27. The Hall–Kier alpha value is -2.48. The van der Waals surface area contributed by atoms with Gasteiger partial charge in [-0.1, -0.05) is 25.0 Å². The number of methoxy groups -OCH3 is 1. The number of thioether (sulfide) groups is 1. The quantitative estimate of drug-likeness (QED) is 0.790. The first-order valence-electron chi connectivity index (χ1n) is 9.02. The van der Waals surface area contributed by atoms with Gasteiger partial charge in [0.1, 0.15) is 5.82 Å². The summed E-state index contributed by atoms with van der Waals surface area (Å²) in [4.78, 5) is 36.7. The van der Waals surface area contributed by atoms with Gasteiger partial charge in [0.2, 0.25) is 5.91 Å². The van der Waals surface area contributed by atoms with Gasteiger partial charge in [0.05, 0.1) is 35.3 Å². The smallest absolute Gasteiger partial charge is 0.337 e. The first-order valence-corrected chi connectivity index (χ1v) is 10.1. The Balaban J connectivity index is 1.76. The molecule has 0 bridgehead atoms. The molecule has 2 aliphatic rings. The van der Waals surface area contributed by atoms with Gasteiger partial charge in [0.25, 0.3) is 5.56 Å². The largest absolute Gasteiger partial charge is 0.465 e. The number of nitrogens with zero attached hydrogens (tertiary/aromatic N) is 1. The van der Waals surface area contributed by atoms with Gasteiger partial charge >= 0.3 is 5.97 Å². The highest BCUT2D eigenvalue weighted by atomic mass is 32.2. The van der Waals surface area contributed by atoms with Gasteiger partial charge in [-0.25, -0.2) is 4.79 Å². The van der Waals surface area contributed by atoms with Crippen LogP contribution in [-0.2, 0) is 9.53 Å². The van der Waals surface area contributed by atoms with E-state index in [1.54, 1.807) is 12.1 Å². The number of hydrogen-bond donors (Lipinski definition) is 2. The lowest BCUT2D eigenvalue weighted by atomic mass is 10.0. The molecule has 2 heterocycles. The number of aromatic nitrogens is 2. The molecule has 7 nitrogen and oxygen atoms in total. The van der Waals surface area contributed by atoms with E-state index >= 15 is 0 Å². The molecule has 27 heavy (non-hydrogen) atoms. The van der Waals surface area contributed by atoms with E-state index < -0.39 is 5.97 Å². The van der Waals surface area contributed by atoms with E-state index in [0.717, 1.165) is 31.2 Å². The highest BCUT2D eigenvalue weighted by Crippen LogP contribution is 2.41. The van der Waals surface area contributed by atoms with E-state index in [0.29, 0.717) is 16.9 Å². The lowest BCUT2D eigenvalue weighted by Crippen LogP contribution is -2.18. The lowest BCUT2D eigenvalue weighted by molar-refractivity contribution is -0.113. The van der Waals surface area contributed by atoms with Crippen LogP contribution in [0.1, 0.15) is 58.5 Å². The summed E-state index contributed by atoms with van der Waals surface area (Å²) < 4.78 is 6.59. The molecule has 2 N–H and O–H groups in total. The summed E-state index contributed by atoms with van der Waals surface area (Å²) in [7, 11) is 1.34. The molecule has 1 aromatic heterocycles. The van der Waals surface area contributed by atoms with Crippen molar-refractivity contribution in [3.63, 3.8) is 0 Å². The Bertz CT molecular complexity index is 925. The molecule has 0 saturated heterocycles. The molecule has 0 spiro atoms. The van der Waals surface area contributed by atoms with Crippen LogP contribution in [-0.4, -0.2) is 34.5 Å². The van der Waals surface area contributed by atoms with Crippen LogP contribution >= 0.6 is 11.8 Å². The molecule has 1 fully saturated rings. The van der Waals surface area contributed by atoms with Gasteiger partial charge in [0.15, 0.2) is 0 Å². The van der Waals surface area contributed by atoms with Gasteiger partial charge < -0.3 is 10.1 Å². The predicted octanol–water partition coefficient (Wildman–Crippen LogP) is 2.85. The molecule has 1 atom stereocenters. The molecule has 4 rings (SSSR count). The molecule has 1 aliphatic heterocycles. The molecular weight excluding hydrogens is 366 g/mol. The van der Waals surface area contributed by atoms with Crippen LogP contribution in [0.2, 0.25) is 0 Å². The summed E-state index contributed by atoms with van der Waals surface area (Å²) in [5.74, 6) is 0.338. The number of ether oxygens (including phenoxy) is 1. The number of rotatable bonds is 3. The third-order valence-electron chi connectivity index (χ3n) is 5.19. The fourth-order valence-corrected chi connectivity index (χ4v) is 4.98. The monoisotopic (exact) mass is 387 g/mol. The third-order valence-corrected chi connectivity index (χ3v) is 6.46. The van der Waals surface area contributed by atoms with Gasteiger partial charge in [-0.3, -0.25) is 19.4 Å². The van der Waals surface area contributed by atoms with Crippen LogP contribution in [0.4, 0.5) is 5.82 Å². The van der Waals surface area contributed by atoms with Crippen LogP contribution in [0.5, 0.6) is 0 Å². The molecular formula is C19H21N3O4S. The number of benzene rings is 1. The number of carbonyl (C=O) groups excluding carboxylic acids is 2. The number of esters is 1. The van der Waals surface area contributed by atoms with Gasteiger partial charge in [-0.2, -0.15) is 0 Å². The SMILES string of the molecule is COC(=O)c1ccc(C2SCC(=O)Nc3c2c(=O)[nH]n3C2CCCC2)cc1. The molecule has 1 aromatic carbocycles. The first kappa shape index (κ1) is 17.9. The molecule has 1 saturated carbocycles. The van der Waals surface area contributed by atoms with E-state index in [1.165, 1.54) is 18.9 Å². The van der Waals surface area contributed by atoms with E-state index in [2.05, 4.69) is 10.4 Å². The summed E-state index contributed by atoms with van der Waals surface area (Å²) in [6.07, 6.45) is 4.25. The zero-order valence-corrected chi connectivity index (χ0v) is 15.8. The molecule has 1 aliphatic carbocycles. The van der Waals surface area contributed by atoms with Crippen LogP contribution in [0, 0.1) is 0 Å². The number of nitrogens with one attached hydrogen (secondary N) is 2. The maximum atomic E-state index is 12.8. The first-order chi connectivity index (χ1) is 13.1. The van der Waals surface area contributed by atoms with E-state index in [-0.39, 0.29) is 28.5 Å². The Morgan fingerprint density at radius 2 is 1.89 bits per heavy atom. The number of fused-ring (bicyclic) bond motifs is 1. The fourth-order valence-electron chi connectivity index (χ4n) is 3.86. The van der Waals surface area contributed by atoms with Crippen molar-refractivity contribution in [3.05, 3.63) is 51.3 Å². The molecule has 8 heteroatoms. The summed E-state index contributed by atoms with van der Waals surface area (Å²) in [6.45, 7) is 0. The van der Waals surface area contributed by atoms with E-state index in [1.807, 2.05) is 16.8 Å². The third kappa shape index (κ3) is 3.29. The van der Waals surface area contributed by atoms with Gasteiger partial charge in [0, 0.05) is 0 Å². The average molecular weight is 387 g/mol. The molecule has 2 aromatic rings. The van der Waals surface area contributed by atoms with Gasteiger partial charge in [-0.05, 0) is 30.5 Å². The summed E-state index contributed by atoms with van der Waals surface area (Å²) in [5, 5.41) is 5.59. The number of hydrogen-bond acceptors (Lipinski definition) is 5. The van der Waals surface area contributed by atoms with Crippen molar-refractivity contribution < 1.29 is 14.3 Å². The minimum atomic E-state index is -0.405. The number of carbonyl (C=O) groups is 2. The Kier molecular flexibility index (Phi) is 4.82. The molecule has 0 radical (unpaired) electrons. The summed E-state index contributed by atoms with van der Waals surface area (Å²) in [6, 6.07) is 7.21. The van der Waals surface area contributed by atoms with Crippen LogP contribution in [0.25, 0.3) is 0 Å². The lowest BCUT2D eigenvalue weighted by Gasteiger charge is -2.17. The minimum Gasteiger partial charge on any atom is -0.465 e. The maximum Gasteiger partial charge on any atom is 0.337 e. The van der Waals surface area contributed by atoms with Crippen molar-refractivity contribution in [1.29, 1.82) is 0 Å². The van der Waals surface area contributed by atoms with E-state index in [4.69, 9.17) is 4.74 Å².